The maximum Gasteiger partial charge on any atom is 0.0696 e. The van der Waals surface area contributed by atoms with E-state index in [4.69, 9.17) is 11.6 Å². The molecule has 1 nitrogen and oxygen atoms in total. The fraction of sp³-hybridized carbons (Fsp3) is 0.286. The van der Waals surface area contributed by atoms with Gasteiger partial charge in [-0.15, -0.1) is 11.3 Å². The van der Waals surface area contributed by atoms with Crippen LogP contribution in [0.1, 0.15) is 29.0 Å². The fourth-order valence-corrected chi connectivity index (χ4v) is 3.88. The summed E-state index contributed by atoms with van der Waals surface area (Å²) in [6, 6.07) is 8.59. The molecule has 0 aliphatic rings. The lowest BCUT2D eigenvalue weighted by Gasteiger charge is -2.20. The number of thiophene rings is 1. The molecule has 0 amide bonds. The zero-order valence-corrected chi connectivity index (χ0v) is 14.1. The highest BCUT2D eigenvalue weighted by Crippen LogP contribution is 2.35. The van der Waals surface area contributed by atoms with Crippen LogP contribution >= 0.6 is 45.5 Å². The van der Waals surface area contributed by atoms with Gasteiger partial charge in [0, 0.05) is 8.45 Å². The largest absolute Gasteiger partial charge is 0.306 e. The molecule has 1 N–H and O–H groups in total. The van der Waals surface area contributed by atoms with Crippen molar-refractivity contribution in [1.29, 1.82) is 0 Å². The minimum atomic E-state index is 0.189. The van der Waals surface area contributed by atoms with Crippen LogP contribution in [0.2, 0.25) is 5.02 Å². The Kier molecular flexibility index (Phi) is 5.06. The number of benzene rings is 1. The minimum Gasteiger partial charge on any atom is -0.306 e. The molecule has 4 heteroatoms. The summed E-state index contributed by atoms with van der Waals surface area (Å²) in [5.74, 6) is 0. The summed E-state index contributed by atoms with van der Waals surface area (Å²) in [7, 11) is 0. The van der Waals surface area contributed by atoms with Crippen LogP contribution in [-0.4, -0.2) is 6.54 Å². The summed E-state index contributed by atoms with van der Waals surface area (Å²) in [4.78, 5) is 1.20. The van der Waals surface area contributed by atoms with Crippen LogP contribution in [0.15, 0.2) is 29.6 Å². The first-order valence-corrected chi connectivity index (χ1v) is 8.20. The summed E-state index contributed by atoms with van der Waals surface area (Å²) in [5.41, 5.74) is 2.62. The Morgan fingerprint density at radius 3 is 2.78 bits per heavy atom. The highest BCUT2D eigenvalue weighted by Gasteiger charge is 2.20. The van der Waals surface area contributed by atoms with Crippen LogP contribution in [0.3, 0.4) is 0 Å². The van der Waals surface area contributed by atoms with Crippen LogP contribution in [-0.2, 0) is 0 Å². The van der Waals surface area contributed by atoms with E-state index in [0.29, 0.717) is 0 Å². The summed E-state index contributed by atoms with van der Waals surface area (Å²) in [6.07, 6.45) is 0. The zero-order chi connectivity index (χ0) is 13.1. The average Bonchev–Trinajstić information content (AvgIpc) is 2.76. The third-order valence-corrected chi connectivity index (χ3v) is 5.74. The predicted molar refractivity (Wildman–Crippen MR) is 88.7 cm³/mol. The Balaban J connectivity index is 2.48. The molecular weight excluding hydrogens is 377 g/mol. The molecular formula is C14H15ClINS. The van der Waals surface area contributed by atoms with Gasteiger partial charge in [-0.3, -0.25) is 0 Å². The summed E-state index contributed by atoms with van der Waals surface area (Å²) < 4.78 is 1.31. The normalized spacial score (nSPS) is 12.7. The van der Waals surface area contributed by atoms with Gasteiger partial charge in [-0.2, -0.15) is 0 Å². The van der Waals surface area contributed by atoms with Gasteiger partial charge in [-0.1, -0.05) is 36.7 Å². The third-order valence-electron chi connectivity index (χ3n) is 2.85. The molecule has 2 aromatic rings. The number of halogens is 2. The first-order valence-electron chi connectivity index (χ1n) is 5.86. The zero-order valence-electron chi connectivity index (χ0n) is 10.3. The van der Waals surface area contributed by atoms with Crippen molar-refractivity contribution in [3.05, 3.63) is 54.2 Å². The van der Waals surface area contributed by atoms with Crippen molar-refractivity contribution in [3.8, 4) is 0 Å². The Hall–Kier alpha value is -0.100. The third kappa shape index (κ3) is 2.90. The number of nitrogens with one attached hydrogen (secondary N) is 1. The van der Waals surface area contributed by atoms with Crippen LogP contribution in [0.25, 0.3) is 0 Å². The van der Waals surface area contributed by atoms with E-state index in [0.717, 1.165) is 11.6 Å². The molecule has 0 aliphatic carbocycles. The lowest BCUT2D eigenvalue weighted by molar-refractivity contribution is 0.637. The van der Waals surface area contributed by atoms with Crippen LogP contribution in [0, 0.1) is 10.5 Å². The first-order chi connectivity index (χ1) is 8.65. The van der Waals surface area contributed by atoms with Crippen molar-refractivity contribution >= 4 is 45.5 Å². The minimum absolute atomic E-state index is 0.189. The average molecular weight is 392 g/mol. The second-order valence-corrected chi connectivity index (χ2v) is 6.54. The van der Waals surface area contributed by atoms with Crippen molar-refractivity contribution in [2.45, 2.75) is 19.9 Å². The van der Waals surface area contributed by atoms with Crippen LogP contribution < -0.4 is 5.32 Å². The molecule has 96 valence electrons. The Morgan fingerprint density at radius 1 is 1.39 bits per heavy atom. The molecule has 1 heterocycles. The van der Waals surface area contributed by atoms with E-state index >= 15 is 0 Å². The molecule has 1 aromatic heterocycles. The second kappa shape index (κ2) is 6.37. The highest BCUT2D eigenvalue weighted by atomic mass is 127. The van der Waals surface area contributed by atoms with Gasteiger partial charge in [0.25, 0.3) is 0 Å². The smallest absolute Gasteiger partial charge is 0.0696 e. The fourth-order valence-electron chi connectivity index (χ4n) is 1.95. The van der Waals surface area contributed by atoms with Crippen molar-refractivity contribution in [1.82, 2.24) is 5.32 Å². The molecule has 0 radical (unpaired) electrons. The van der Waals surface area contributed by atoms with Gasteiger partial charge in [-0.05, 0) is 58.6 Å². The molecule has 0 saturated heterocycles. The molecule has 0 bridgehead atoms. The topological polar surface area (TPSA) is 12.0 Å². The molecule has 1 unspecified atom stereocenters. The number of rotatable bonds is 4. The van der Waals surface area contributed by atoms with E-state index < -0.39 is 0 Å². The molecule has 0 fully saturated rings. The van der Waals surface area contributed by atoms with E-state index in [9.17, 15) is 0 Å². The number of aryl methyl sites for hydroxylation is 1. The van der Waals surface area contributed by atoms with Gasteiger partial charge in [-0.25, -0.2) is 0 Å². The molecule has 0 spiro atoms. The monoisotopic (exact) mass is 391 g/mol. The standard InChI is InChI=1S/C14H15ClINS/c1-3-17-13(14-11(15)7-8-18-14)10-6-4-5-9(2)12(10)16/h4-8,13,17H,3H2,1-2H3. The van der Waals surface area contributed by atoms with Crippen molar-refractivity contribution in [2.75, 3.05) is 6.54 Å². The SMILES string of the molecule is CCNC(c1cccc(C)c1I)c1sccc1Cl. The summed E-state index contributed by atoms with van der Waals surface area (Å²) >= 11 is 10.4. The summed E-state index contributed by atoms with van der Waals surface area (Å²) in [6.45, 7) is 5.18. The Labute approximate surface area is 131 Å². The number of hydrogen-bond donors (Lipinski definition) is 1. The van der Waals surface area contributed by atoms with E-state index in [1.807, 2.05) is 11.4 Å². The van der Waals surface area contributed by atoms with E-state index in [-0.39, 0.29) is 6.04 Å². The van der Waals surface area contributed by atoms with Gasteiger partial charge < -0.3 is 5.32 Å². The molecule has 1 atom stereocenters. The van der Waals surface area contributed by atoms with Crippen molar-refractivity contribution in [2.24, 2.45) is 0 Å². The van der Waals surface area contributed by atoms with Gasteiger partial charge in [0.1, 0.15) is 0 Å². The molecule has 0 aliphatic heterocycles. The predicted octanol–water partition coefficient (Wildman–Crippen LogP) is 5.01. The molecule has 18 heavy (non-hydrogen) atoms. The lowest BCUT2D eigenvalue weighted by atomic mass is 10.0. The summed E-state index contributed by atoms with van der Waals surface area (Å²) in [5, 5.41) is 6.43. The quantitative estimate of drug-likeness (QED) is 0.722. The van der Waals surface area contributed by atoms with E-state index in [1.54, 1.807) is 11.3 Å². The van der Waals surface area contributed by atoms with E-state index in [1.165, 1.54) is 19.6 Å². The van der Waals surface area contributed by atoms with E-state index in [2.05, 4.69) is 60.0 Å². The van der Waals surface area contributed by atoms with Gasteiger partial charge in [0.15, 0.2) is 0 Å². The second-order valence-electron chi connectivity index (χ2n) is 4.10. The van der Waals surface area contributed by atoms with Crippen LogP contribution in [0.4, 0.5) is 0 Å². The Bertz CT molecular complexity index is 538. The van der Waals surface area contributed by atoms with Gasteiger partial charge in [0.05, 0.1) is 11.1 Å². The Morgan fingerprint density at radius 2 is 2.17 bits per heavy atom. The highest BCUT2D eigenvalue weighted by molar-refractivity contribution is 14.1. The maximum atomic E-state index is 6.28. The van der Waals surface area contributed by atoms with Gasteiger partial charge >= 0.3 is 0 Å². The lowest BCUT2D eigenvalue weighted by Crippen LogP contribution is -2.22. The van der Waals surface area contributed by atoms with Crippen molar-refractivity contribution in [3.63, 3.8) is 0 Å². The maximum absolute atomic E-state index is 6.28. The van der Waals surface area contributed by atoms with Crippen molar-refractivity contribution < 1.29 is 0 Å². The number of hydrogen-bond acceptors (Lipinski definition) is 2. The molecule has 0 saturated carbocycles. The van der Waals surface area contributed by atoms with Crippen LogP contribution in [0.5, 0.6) is 0 Å². The van der Waals surface area contributed by atoms with Gasteiger partial charge in [0.2, 0.25) is 0 Å². The first kappa shape index (κ1) is 14.3. The molecule has 1 aromatic carbocycles. The molecule has 2 rings (SSSR count).